The molecular formula is C37H45BrN4O9. The van der Waals surface area contributed by atoms with Gasteiger partial charge in [-0.25, -0.2) is 14.6 Å². The summed E-state index contributed by atoms with van der Waals surface area (Å²) in [7, 11) is 1.55. The first-order chi connectivity index (χ1) is 24.6. The largest absolute Gasteiger partial charge is 0.495 e. The average molecular weight is 770 g/mol. The quantitative estimate of drug-likeness (QED) is 0.280. The number of pyridine rings is 1. The Hall–Kier alpha value is -4.33. The Morgan fingerprint density at radius 2 is 1.94 bits per heavy atom. The zero-order valence-corrected chi connectivity index (χ0v) is 30.3. The number of aromatic nitrogens is 1. The summed E-state index contributed by atoms with van der Waals surface area (Å²) < 4.78 is 24.0. The van der Waals surface area contributed by atoms with Crippen LogP contribution in [0.15, 0.2) is 47.5 Å². The van der Waals surface area contributed by atoms with Gasteiger partial charge in [-0.05, 0) is 79.4 Å². The Morgan fingerprint density at radius 1 is 1.16 bits per heavy atom. The zero-order chi connectivity index (χ0) is 36.1. The number of alkyl carbamates (subject to hydrolysis) is 1. The molecule has 51 heavy (non-hydrogen) atoms. The fraction of sp³-hybridized carbons (Fsp3) is 0.541. The van der Waals surface area contributed by atoms with E-state index < -0.39 is 41.7 Å². The molecule has 13 nitrogen and oxygen atoms in total. The molecule has 2 aliphatic heterocycles. The van der Waals surface area contributed by atoms with Crippen molar-refractivity contribution in [3.8, 4) is 17.4 Å². The number of nitrogens with zero attached hydrogens (tertiary/aromatic N) is 2. The molecule has 274 valence electrons. The number of rotatable bonds is 9. The maximum Gasteiger partial charge on any atom is 0.407 e. The summed E-state index contributed by atoms with van der Waals surface area (Å²) in [6.45, 7) is 3.97. The molecule has 1 aromatic heterocycles. The zero-order valence-electron chi connectivity index (χ0n) is 28.7. The van der Waals surface area contributed by atoms with Crippen LogP contribution in [0.2, 0.25) is 0 Å². The SMILES string of the molecule is C=CCOc1cc(O[C@@H]2C[C@H]3C(=O)N[C@]4(C(=O)O)C[C@@H]4/C=C\CCCC[C@H](NC(=O)OC4CCCC4)CC(=O)N3C2)c2ccc(OC)c(Br)c2n1. The van der Waals surface area contributed by atoms with Gasteiger partial charge in [-0.1, -0.05) is 31.2 Å². The molecule has 5 atom stereocenters. The highest BCUT2D eigenvalue weighted by Gasteiger charge is 2.61. The summed E-state index contributed by atoms with van der Waals surface area (Å²) in [6.07, 6.45) is 10.9. The van der Waals surface area contributed by atoms with Gasteiger partial charge >= 0.3 is 12.1 Å². The summed E-state index contributed by atoms with van der Waals surface area (Å²) in [4.78, 5) is 59.5. The maximum absolute atomic E-state index is 14.1. The molecule has 2 saturated carbocycles. The minimum Gasteiger partial charge on any atom is -0.495 e. The lowest BCUT2D eigenvalue weighted by atomic mass is 10.0. The molecule has 6 rings (SSSR count). The van der Waals surface area contributed by atoms with E-state index in [-0.39, 0.29) is 56.2 Å². The standard InChI is InChI=1S/C37H45BrN4O9/c1-3-16-49-30-19-29(26-14-15-28(48-2)32(38)33(26)40-30)50-25-18-27-34(44)41-37(35(45)46)20-22(37)10-6-4-5-7-11-23(17-31(43)42(27)21-25)39-36(47)51-24-12-8-9-13-24/h3,6,10,14-15,19,22-25,27H,1,4-5,7-9,11-13,16-18,20-21H2,2H3,(H,39,47)(H,41,44)(H,45,46)/b10-6-/t22-,23-,25+,27-,37+/m0/s1. The van der Waals surface area contributed by atoms with Gasteiger partial charge in [0, 0.05) is 36.3 Å². The third-order valence-electron chi connectivity index (χ3n) is 10.2. The molecule has 3 N–H and O–H groups in total. The number of carboxylic acid groups (broad SMARTS) is 1. The molecule has 3 heterocycles. The predicted octanol–water partition coefficient (Wildman–Crippen LogP) is 5.44. The van der Waals surface area contributed by atoms with Crippen LogP contribution in [0.1, 0.15) is 70.6 Å². The smallest absolute Gasteiger partial charge is 0.407 e. The van der Waals surface area contributed by atoms with E-state index in [2.05, 4.69) is 38.1 Å². The van der Waals surface area contributed by atoms with Gasteiger partial charge in [-0.2, -0.15) is 0 Å². The molecule has 2 aliphatic carbocycles. The molecule has 1 saturated heterocycles. The van der Waals surface area contributed by atoms with Gasteiger partial charge in [-0.3, -0.25) is 9.59 Å². The van der Waals surface area contributed by atoms with E-state index in [4.69, 9.17) is 18.9 Å². The highest BCUT2D eigenvalue weighted by Crippen LogP contribution is 2.46. The van der Waals surface area contributed by atoms with Crippen LogP contribution in [0.3, 0.4) is 0 Å². The number of methoxy groups -OCH3 is 1. The Labute approximate surface area is 305 Å². The van der Waals surface area contributed by atoms with Crippen molar-refractivity contribution in [1.29, 1.82) is 0 Å². The molecule has 0 radical (unpaired) electrons. The number of benzene rings is 1. The second-order valence-electron chi connectivity index (χ2n) is 13.7. The van der Waals surface area contributed by atoms with Crippen LogP contribution in [0.4, 0.5) is 4.79 Å². The van der Waals surface area contributed by atoms with Crippen molar-refractivity contribution in [3.63, 3.8) is 0 Å². The number of allylic oxidation sites excluding steroid dienone is 1. The lowest BCUT2D eigenvalue weighted by Crippen LogP contribution is -2.53. The van der Waals surface area contributed by atoms with Gasteiger partial charge in [0.1, 0.15) is 41.9 Å². The number of hydrogen-bond donors (Lipinski definition) is 3. The van der Waals surface area contributed by atoms with Gasteiger partial charge in [0.2, 0.25) is 17.7 Å². The predicted molar refractivity (Wildman–Crippen MR) is 191 cm³/mol. The average Bonchev–Trinajstić information content (AvgIpc) is 3.38. The number of hydrogen-bond acceptors (Lipinski definition) is 9. The lowest BCUT2D eigenvalue weighted by molar-refractivity contribution is -0.145. The van der Waals surface area contributed by atoms with Crippen molar-refractivity contribution < 1.29 is 43.2 Å². The molecule has 4 aliphatic rings. The first kappa shape index (κ1) is 36.5. The van der Waals surface area contributed by atoms with Gasteiger partial charge in [0.05, 0.1) is 23.6 Å². The van der Waals surface area contributed by atoms with Crippen LogP contribution in [0.25, 0.3) is 10.9 Å². The van der Waals surface area contributed by atoms with E-state index in [1.165, 1.54) is 4.90 Å². The number of nitrogens with one attached hydrogen (secondary N) is 2. The van der Waals surface area contributed by atoms with E-state index in [1.54, 1.807) is 25.3 Å². The summed E-state index contributed by atoms with van der Waals surface area (Å²) in [5.41, 5.74) is -0.901. The Balaban J connectivity index is 1.28. The molecule has 3 fully saturated rings. The lowest BCUT2D eigenvalue weighted by Gasteiger charge is -2.27. The highest BCUT2D eigenvalue weighted by molar-refractivity contribution is 9.10. The first-order valence-electron chi connectivity index (χ1n) is 17.7. The van der Waals surface area contributed by atoms with Crippen molar-refractivity contribution in [2.45, 2.75) is 100 Å². The van der Waals surface area contributed by atoms with Crippen LogP contribution < -0.4 is 24.8 Å². The van der Waals surface area contributed by atoms with E-state index in [0.717, 1.165) is 38.5 Å². The van der Waals surface area contributed by atoms with E-state index in [1.807, 2.05) is 18.2 Å². The highest BCUT2D eigenvalue weighted by atomic mass is 79.9. The third kappa shape index (κ3) is 8.26. The maximum atomic E-state index is 14.1. The number of amides is 3. The Kier molecular flexibility index (Phi) is 11.4. The molecular weight excluding hydrogens is 724 g/mol. The van der Waals surface area contributed by atoms with Crippen LogP contribution in [0, 0.1) is 5.92 Å². The van der Waals surface area contributed by atoms with Crippen LogP contribution in [-0.4, -0.2) is 89.0 Å². The van der Waals surface area contributed by atoms with Crippen LogP contribution in [0.5, 0.6) is 17.4 Å². The summed E-state index contributed by atoms with van der Waals surface area (Å²) in [6, 6.07) is 3.72. The third-order valence-corrected chi connectivity index (χ3v) is 10.9. The molecule has 3 amide bonds. The van der Waals surface area contributed by atoms with Crippen molar-refractivity contribution in [2.75, 3.05) is 20.3 Å². The van der Waals surface area contributed by atoms with E-state index in [0.29, 0.717) is 39.7 Å². The van der Waals surface area contributed by atoms with Crippen molar-refractivity contribution >= 4 is 50.7 Å². The minimum absolute atomic E-state index is 0.0523. The van der Waals surface area contributed by atoms with Crippen molar-refractivity contribution in [3.05, 3.63) is 47.5 Å². The molecule has 1 aromatic carbocycles. The van der Waals surface area contributed by atoms with E-state index in [9.17, 15) is 24.3 Å². The normalized spacial score (nSPS) is 27.6. The number of ether oxygens (including phenoxy) is 4. The summed E-state index contributed by atoms with van der Waals surface area (Å²) >= 11 is 3.57. The monoisotopic (exact) mass is 768 g/mol. The number of aliphatic carboxylic acids is 1. The van der Waals surface area contributed by atoms with Crippen LogP contribution >= 0.6 is 15.9 Å². The summed E-state index contributed by atoms with van der Waals surface area (Å²) in [5.74, 6) is -1.11. The topological polar surface area (TPSA) is 166 Å². The van der Waals surface area contributed by atoms with Gasteiger partial charge < -0.3 is 39.6 Å². The number of carbonyl (C=O) groups excluding carboxylic acids is 3. The number of halogens is 1. The van der Waals surface area contributed by atoms with Crippen molar-refractivity contribution in [2.24, 2.45) is 5.92 Å². The van der Waals surface area contributed by atoms with Gasteiger partial charge in [0.15, 0.2) is 0 Å². The molecule has 0 spiro atoms. The van der Waals surface area contributed by atoms with Crippen molar-refractivity contribution in [1.82, 2.24) is 20.5 Å². The second-order valence-corrected chi connectivity index (χ2v) is 14.5. The van der Waals surface area contributed by atoms with E-state index >= 15 is 0 Å². The van der Waals surface area contributed by atoms with Crippen LogP contribution in [-0.2, 0) is 19.1 Å². The van der Waals surface area contributed by atoms with Gasteiger partial charge in [0.25, 0.3) is 0 Å². The number of carboxylic acids is 1. The molecule has 2 aromatic rings. The number of fused-ring (bicyclic) bond motifs is 3. The molecule has 0 unspecified atom stereocenters. The molecule has 14 heteroatoms. The first-order valence-corrected chi connectivity index (χ1v) is 18.5. The Morgan fingerprint density at radius 3 is 2.69 bits per heavy atom. The fourth-order valence-corrected chi connectivity index (χ4v) is 7.93. The summed E-state index contributed by atoms with van der Waals surface area (Å²) in [5, 5.41) is 16.5. The Bertz CT molecular complexity index is 1700. The number of carbonyl (C=O) groups is 4. The minimum atomic E-state index is -1.43. The molecule has 0 bridgehead atoms. The fourth-order valence-electron chi connectivity index (χ4n) is 7.34. The second kappa shape index (κ2) is 15.9. The van der Waals surface area contributed by atoms with Gasteiger partial charge in [-0.15, -0.1) is 0 Å².